The van der Waals surface area contributed by atoms with Crippen LogP contribution in [0.4, 0.5) is 5.69 Å². The lowest BCUT2D eigenvalue weighted by Crippen LogP contribution is -2.12. The summed E-state index contributed by atoms with van der Waals surface area (Å²) in [5.74, 6) is -1.04. The van der Waals surface area contributed by atoms with E-state index in [-0.39, 0.29) is 12.3 Å². The number of hydrogen-bond acceptors (Lipinski definition) is 3. The van der Waals surface area contributed by atoms with Crippen molar-refractivity contribution in [2.75, 3.05) is 11.9 Å². The predicted octanol–water partition coefficient (Wildman–Crippen LogP) is 1.94. The Morgan fingerprint density at radius 2 is 1.88 bits per heavy atom. The van der Waals surface area contributed by atoms with Crippen molar-refractivity contribution in [1.29, 1.82) is 0 Å². The van der Waals surface area contributed by atoms with Gasteiger partial charge in [-0.1, -0.05) is 6.58 Å². The van der Waals surface area contributed by atoms with E-state index in [0.717, 1.165) is 0 Å². The lowest BCUT2D eigenvalue weighted by molar-refractivity contribution is -0.134. The summed E-state index contributed by atoms with van der Waals surface area (Å²) in [5, 5.41) is 11.2. The van der Waals surface area contributed by atoms with Crippen molar-refractivity contribution in [3.05, 3.63) is 42.0 Å². The monoisotopic (exact) mass is 219 g/mol. The molecule has 0 radical (unpaired) electrons. The number of hydrogen-bond donors (Lipinski definition) is 2. The molecule has 0 heterocycles. The lowest BCUT2D eigenvalue weighted by Gasteiger charge is -2.04. The average molecular weight is 219 g/mol. The Labute approximate surface area is 93.6 Å². The van der Waals surface area contributed by atoms with E-state index in [9.17, 15) is 9.59 Å². The molecule has 0 amide bonds. The van der Waals surface area contributed by atoms with Gasteiger partial charge < -0.3 is 10.4 Å². The number of Topliss-reactive ketones (excluding diaryl/α,β-unsaturated/α-hetero) is 1. The van der Waals surface area contributed by atoms with Gasteiger partial charge in [0.2, 0.25) is 0 Å². The van der Waals surface area contributed by atoms with Crippen LogP contribution in [-0.4, -0.2) is 23.4 Å². The number of carbonyl (C=O) groups is 2. The van der Waals surface area contributed by atoms with Crippen LogP contribution in [0.25, 0.3) is 0 Å². The minimum Gasteiger partial charge on any atom is -0.480 e. The fourth-order valence-corrected chi connectivity index (χ4v) is 1.16. The van der Waals surface area contributed by atoms with Crippen molar-refractivity contribution < 1.29 is 14.7 Å². The van der Waals surface area contributed by atoms with Crippen molar-refractivity contribution in [2.24, 2.45) is 0 Å². The molecule has 0 bridgehead atoms. The van der Waals surface area contributed by atoms with Crippen molar-refractivity contribution in [3.63, 3.8) is 0 Å². The molecule has 1 aromatic rings. The molecule has 0 saturated heterocycles. The molecular formula is C12H13NO3. The zero-order chi connectivity index (χ0) is 12.1. The van der Waals surface area contributed by atoms with Crippen LogP contribution in [0.5, 0.6) is 0 Å². The molecule has 0 fully saturated rings. The number of anilines is 1. The second kappa shape index (κ2) is 5.11. The molecular weight excluding hydrogens is 206 g/mol. The van der Waals surface area contributed by atoms with Crippen LogP contribution in [0.1, 0.15) is 17.3 Å². The van der Waals surface area contributed by atoms with Gasteiger partial charge in [0.05, 0.1) is 0 Å². The maximum Gasteiger partial charge on any atom is 0.322 e. The Hall–Kier alpha value is -2.10. The highest BCUT2D eigenvalue weighted by molar-refractivity contribution is 6.08. The first kappa shape index (κ1) is 12.0. The molecule has 0 aliphatic heterocycles. The van der Waals surface area contributed by atoms with Gasteiger partial charge in [-0.3, -0.25) is 9.59 Å². The quantitative estimate of drug-likeness (QED) is 0.586. The maximum absolute atomic E-state index is 11.5. The van der Waals surface area contributed by atoms with Crippen LogP contribution in [0.15, 0.2) is 36.4 Å². The Kier molecular flexibility index (Phi) is 3.83. The summed E-state index contributed by atoms with van der Waals surface area (Å²) >= 11 is 0. The molecule has 16 heavy (non-hydrogen) atoms. The van der Waals surface area contributed by atoms with E-state index in [0.29, 0.717) is 16.8 Å². The van der Waals surface area contributed by atoms with Crippen LogP contribution in [0, 0.1) is 0 Å². The molecule has 0 unspecified atom stereocenters. The first-order valence-corrected chi connectivity index (χ1v) is 4.76. The van der Waals surface area contributed by atoms with Gasteiger partial charge in [0, 0.05) is 11.3 Å². The van der Waals surface area contributed by atoms with Crippen LogP contribution in [-0.2, 0) is 4.79 Å². The SMILES string of the molecule is C=C(C)C(=O)c1ccc(NCC(=O)O)cc1. The van der Waals surface area contributed by atoms with Gasteiger partial charge in [-0.15, -0.1) is 0 Å². The number of carbonyl (C=O) groups excluding carboxylic acids is 1. The summed E-state index contributed by atoms with van der Waals surface area (Å²) < 4.78 is 0. The summed E-state index contributed by atoms with van der Waals surface area (Å²) in [6, 6.07) is 6.61. The summed E-state index contributed by atoms with van der Waals surface area (Å²) in [7, 11) is 0. The van der Waals surface area contributed by atoms with E-state index < -0.39 is 5.97 Å². The number of aliphatic carboxylic acids is 1. The number of ketones is 1. The largest absolute Gasteiger partial charge is 0.480 e. The third-order valence-electron chi connectivity index (χ3n) is 1.98. The standard InChI is InChI=1S/C12H13NO3/c1-8(2)12(16)9-3-5-10(6-4-9)13-7-11(14)15/h3-6,13H,1,7H2,2H3,(H,14,15). The van der Waals surface area contributed by atoms with Crippen LogP contribution >= 0.6 is 0 Å². The minimum atomic E-state index is -0.929. The predicted molar refractivity (Wildman–Crippen MR) is 61.7 cm³/mol. The number of rotatable bonds is 5. The molecule has 4 heteroatoms. The van der Waals surface area contributed by atoms with Gasteiger partial charge in [0.25, 0.3) is 0 Å². The highest BCUT2D eigenvalue weighted by Crippen LogP contribution is 2.12. The zero-order valence-corrected chi connectivity index (χ0v) is 8.99. The Bertz CT molecular complexity index is 420. The van der Waals surface area contributed by atoms with Gasteiger partial charge in [0.1, 0.15) is 6.54 Å². The molecule has 0 saturated carbocycles. The zero-order valence-electron chi connectivity index (χ0n) is 8.99. The fraction of sp³-hybridized carbons (Fsp3) is 0.167. The number of benzene rings is 1. The molecule has 0 aromatic heterocycles. The second-order valence-electron chi connectivity index (χ2n) is 3.43. The fourth-order valence-electron chi connectivity index (χ4n) is 1.16. The van der Waals surface area contributed by atoms with E-state index in [1.54, 1.807) is 31.2 Å². The maximum atomic E-state index is 11.5. The topological polar surface area (TPSA) is 66.4 Å². The average Bonchev–Trinajstić information content (AvgIpc) is 2.26. The van der Waals surface area contributed by atoms with Crippen molar-refractivity contribution in [3.8, 4) is 0 Å². The van der Waals surface area contributed by atoms with Gasteiger partial charge in [-0.05, 0) is 36.8 Å². The van der Waals surface area contributed by atoms with Crippen LogP contribution in [0.2, 0.25) is 0 Å². The van der Waals surface area contributed by atoms with Crippen molar-refractivity contribution >= 4 is 17.4 Å². The van der Waals surface area contributed by atoms with E-state index in [2.05, 4.69) is 11.9 Å². The normalized spacial score (nSPS) is 9.56. The Balaban J connectivity index is 2.71. The van der Waals surface area contributed by atoms with E-state index in [1.165, 1.54) is 0 Å². The van der Waals surface area contributed by atoms with E-state index in [4.69, 9.17) is 5.11 Å². The van der Waals surface area contributed by atoms with Crippen molar-refractivity contribution in [2.45, 2.75) is 6.92 Å². The highest BCUT2D eigenvalue weighted by Gasteiger charge is 2.05. The molecule has 1 rings (SSSR count). The van der Waals surface area contributed by atoms with Gasteiger partial charge in [-0.25, -0.2) is 0 Å². The van der Waals surface area contributed by atoms with Gasteiger partial charge in [0.15, 0.2) is 5.78 Å². The summed E-state index contributed by atoms with van der Waals surface area (Å²) in [6.07, 6.45) is 0. The Morgan fingerprint density at radius 3 is 2.31 bits per heavy atom. The highest BCUT2D eigenvalue weighted by atomic mass is 16.4. The van der Waals surface area contributed by atoms with Gasteiger partial charge >= 0.3 is 5.97 Å². The van der Waals surface area contributed by atoms with Crippen LogP contribution in [0.3, 0.4) is 0 Å². The molecule has 2 N–H and O–H groups in total. The molecule has 4 nitrogen and oxygen atoms in total. The number of allylic oxidation sites excluding steroid dienone is 1. The molecule has 0 atom stereocenters. The van der Waals surface area contributed by atoms with E-state index >= 15 is 0 Å². The Morgan fingerprint density at radius 1 is 1.31 bits per heavy atom. The molecule has 1 aromatic carbocycles. The summed E-state index contributed by atoms with van der Waals surface area (Å²) in [4.78, 5) is 21.8. The summed E-state index contributed by atoms with van der Waals surface area (Å²) in [5.41, 5.74) is 1.69. The van der Waals surface area contributed by atoms with Crippen LogP contribution < -0.4 is 5.32 Å². The molecule has 84 valence electrons. The first-order valence-electron chi connectivity index (χ1n) is 4.76. The summed E-state index contributed by atoms with van der Waals surface area (Å²) in [6.45, 7) is 5.08. The van der Waals surface area contributed by atoms with Crippen molar-refractivity contribution in [1.82, 2.24) is 0 Å². The third-order valence-corrected chi connectivity index (χ3v) is 1.98. The smallest absolute Gasteiger partial charge is 0.322 e. The first-order chi connectivity index (χ1) is 7.50. The molecule has 0 spiro atoms. The number of nitrogens with one attached hydrogen (secondary N) is 1. The lowest BCUT2D eigenvalue weighted by atomic mass is 10.1. The molecule has 0 aliphatic rings. The third kappa shape index (κ3) is 3.24. The molecule has 0 aliphatic carbocycles. The minimum absolute atomic E-state index is 0.107. The number of carboxylic acid groups (broad SMARTS) is 1. The van der Waals surface area contributed by atoms with E-state index in [1.807, 2.05) is 0 Å². The second-order valence-corrected chi connectivity index (χ2v) is 3.43. The van der Waals surface area contributed by atoms with Gasteiger partial charge in [-0.2, -0.15) is 0 Å². The number of carboxylic acids is 1.